The zero-order valence-electron chi connectivity index (χ0n) is 18.4. The lowest BCUT2D eigenvalue weighted by atomic mass is 9.94. The Morgan fingerprint density at radius 1 is 1.09 bits per heavy atom. The predicted octanol–water partition coefficient (Wildman–Crippen LogP) is 4.53. The van der Waals surface area contributed by atoms with Crippen molar-refractivity contribution in [2.24, 2.45) is 0 Å². The summed E-state index contributed by atoms with van der Waals surface area (Å²) in [5.41, 5.74) is 1.76. The Kier molecular flexibility index (Phi) is 7.27. The van der Waals surface area contributed by atoms with Gasteiger partial charge in [0, 0.05) is 29.7 Å². The van der Waals surface area contributed by atoms with Crippen LogP contribution in [0.4, 0.5) is 29.7 Å². The van der Waals surface area contributed by atoms with E-state index in [1.807, 2.05) is 6.92 Å². The quantitative estimate of drug-likeness (QED) is 0.554. The number of hydrogen-bond donors (Lipinski definition) is 3. The molecule has 10 heteroatoms. The lowest BCUT2D eigenvalue weighted by Crippen LogP contribution is -2.48. The van der Waals surface area contributed by atoms with Gasteiger partial charge in [0.2, 0.25) is 0 Å². The molecule has 0 bridgehead atoms. The molecule has 0 fully saturated rings. The highest BCUT2D eigenvalue weighted by molar-refractivity contribution is 6.00. The lowest BCUT2D eigenvalue weighted by molar-refractivity contribution is -0.136. The molecule has 0 aliphatic carbocycles. The lowest BCUT2D eigenvalue weighted by Gasteiger charge is -2.35. The van der Waals surface area contributed by atoms with Gasteiger partial charge in [-0.05, 0) is 43.2 Å². The minimum Gasteiger partial charge on any atom is -0.466 e. The maximum atomic E-state index is 13.4. The van der Waals surface area contributed by atoms with Gasteiger partial charge < -0.3 is 20.7 Å². The summed E-state index contributed by atoms with van der Waals surface area (Å²) < 4.78 is 31.4. The number of hydrogen-bond acceptors (Lipinski definition) is 4. The molecule has 0 saturated carbocycles. The van der Waals surface area contributed by atoms with Crippen molar-refractivity contribution in [1.29, 1.82) is 0 Å². The van der Waals surface area contributed by atoms with E-state index >= 15 is 0 Å². The van der Waals surface area contributed by atoms with Crippen LogP contribution in [0, 0.1) is 11.6 Å². The number of carbonyl (C=O) groups excluding carboxylic acids is 3. The van der Waals surface area contributed by atoms with E-state index in [-0.39, 0.29) is 17.3 Å². The van der Waals surface area contributed by atoms with Gasteiger partial charge in [-0.1, -0.05) is 19.1 Å². The summed E-state index contributed by atoms with van der Waals surface area (Å²) in [4.78, 5) is 39.0. The molecule has 0 aromatic heterocycles. The van der Waals surface area contributed by atoms with Gasteiger partial charge in [0.1, 0.15) is 0 Å². The Balaban J connectivity index is 1.85. The van der Waals surface area contributed by atoms with E-state index in [1.165, 1.54) is 18.1 Å². The minimum atomic E-state index is -1.09. The van der Waals surface area contributed by atoms with E-state index in [1.54, 1.807) is 31.2 Å². The zero-order valence-corrected chi connectivity index (χ0v) is 18.4. The molecular weight excluding hydrogens is 434 g/mol. The Morgan fingerprint density at radius 3 is 2.42 bits per heavy atom. The summed E-state index contributed by atoms with van der Waals surface area (Å²) in [6, 6.07) is 7.74. The average Bonchev–Trinajstić information content (AvgIpc) is 2.78. The molecular formula is C23H24F2N4O4. The molecule has 1 aliphatic rings. The first kappa shape index (κ1) is 23.7. The monoisotopic (exact) mass is 458 g/mol. The van der Waals surface area contributed by atoms with Crippen molar-refractivity contribution in [1.82, 2.24) is 10.2 Å². The van der Waals surface area contributed by atoms with E-state index in [4.69, 9.17) is 4.74 Å². The van der Waals surface area contributed by atoms with E-state index < -0.39 is 29.7 Å². The van der Waals surface area contributed by atoms with Crippen LogP contribution in [0.5, 0.6) is 0 Å². The summed E-state index contributed by atoms with van der Waals surface area (Å²) in [5, 5.41) is 7.82. The molecule has 0 saturated heterocycles. The Hall–Kier alpha value is -3.95. The fourth-order valence-electron chi connectivity index (χ4n) is 3.56. The highest BCUT2D eigenvalue weighted by Crippen LogP contribution is 2.32. The fourth-order valence-corrected chi connectivity index (χ4v) is 3.56. The first-order chi connectivity index (χ1) is 15.7. The van der Waals surface area contributed by atoms with Crippen molar-refractivity contribution in [3.8, 4) is 0 Å². The Morgan fingerprint density at radius 2 is 1.79 bits per heavy atom. The topological polar surface area (TPSA) is 99.8 Å². The Bertz CT molecular complexity index is 1120. The van der Waals surface area contributed by atoms with Crippen LogP contribution in [0.15, 0.2) is 53.7 Å². The van der Waals surface area contributed by atoms with Gasteiger partial charge in [0.25, 0.3) is 0 Å². The van der Waals surface area contributed by atoms with Crippen molar-refractivity contribution in [3.63, 3.8) is 0 Å². The third-order valence-corrected chi connectivity index (χ3v) is 5.10. The van der Waals surface area contributed by atoms with Crippen LogP contribution < -0.4 is 16.0 Å². The number of ether oxygens (including phenoxy) is 1. The van der Waals surface area contributed by atoms with Crippen LogP contribution in [0.3, 0.4) is 0 Å². The number of allylic oxidation sites excluding steroid dienone is 1. The molecule has 8 nitrogen and oxygen atoms in total. The highest BCUT2D eigenvalue weighted by Gasteiger charge is 2.36. The fraction of sp³-hybridized carbons (Fsp3) is 0.261. The normalized spacial score (nSPS) is 15.7. The second-order valence-corrected chi connectivity index (χ2v) is 7.36. The summed E-state index contributed by atoms with van der Waals surface area (Å²) in [6.07, 6.45) is 0.705. The molecule has 3 rings (SSSR count). The van der Waals surface area contributed by atoms with Crippen molar-refractivity contribution in [3.05, 3.63) is 70.9 Å². The van der Waals surface area contributed by atoms with Gasteiger partial charge in [0.05, 0.1) is 18.7 Å². The van der Waals surface area contributed by atoms with Crippen molar-refractivity contribution >= 4 is 29.4 Å². The van der Waals surface area contributed by atoms with Gasteiger partial charge in [0.15, 0.2) is 11.6 Å². The summed E-state index contributed by atoms with van der Waals surface area (Å²) in [5.74, 6) is -2.68. The number of anilines is 2. The van der Waals surface area contributed by atoms with Gasteiger partial charge in [-0.15, -0.1) is 0 Å². The van der Waals surface area contributed by atoms with Crippen LogP contribution in [0.25, 0.3) is 0 Å². The van der Waals surface area contributed by atoms with E-state index in [2.05, 4.69) is 16.0 Å². The third-order valence-electron chi connectivity index (χ3n) is 5.10. The van der Waals surface area contributed by atoms with Crippen molar-refractivity contribution < 1.29 is 27.9 Å². The number of esters is 1. The largest absolute Gasteiger partial charge is 0.466 e. The van der Waals surface area contributed by atoms with E-state index in [0.717, 1.165) is 12.1 Å². The molecule has 1 unspecified atom stereocenters. The van der Waals surface area contributed by atoms with Crippen LogP contribution in [-0.2, 0) is 9.53 Å². The summed E-state index contributed by atoms with van der Waals surface area (Å²) >= 11 is 0. The first-order valence-corrected chi connectivity index (χ1v) is 10.2. The van der Waals surface area contributed by atoms with Crippen LogP contribution in [-0.4, -0.2) is 36.6 Å². The number of halogens is 2. The number of methoxy groups -OCH3 is 1. The number of amides is 4. The zero-order chi connectivity index (χ0) is 24.1. The van der Waals surface area contributed by atoms with Gasteiger partial charge in [-0.3, -0.25) is 4.90 Å². The summed E-state index contributed by atoms with van der Waals surface area (Å²) in [7, 11) is 1.26. The maximum absolute atomic E-state index is 13.4. The number of rotatable bonds is 6. The van der Waals surface area contributed by atoms with Crippen molar-refractivity contribution in [2.45, 2.75) is 26.3 Å². The summed E-state index contributed by atoms with van der Waals surface area (Å²) in [6.45, 7) is 4.05. The SMILES string of the molecule is CCCN1C(=O)NC(c2cccc(NC(=O)Nc3ccc(F)c(F)c3)c2)C(C(=O)OC)=C1C. The smallest absolute Gasteiger partial charge is 0.337 e. The first-order valence-electron chi connectivity index (χ1n) is 10.2. The van der Waals surface area contributed by atoms with Crippen LogP contribution in [0.2, 0.25) is 0 Å². The molecule has 1 atom stereocenters. The molecule has 4 amide bonds. The van der Waals surface area contributed by atoms with Gasteiger partial charge in [-0.25, -0.2) is 23.2 Å². The third kappa shape index (κ3) is 5.28. The molecule has 2 aromatic carbocycles. The number of carbonyl (C=O) groups is 3. The second-order valence-electron chi connectivity index (χ2n) is 7.36. The minimum absolute atomic E-state index is 0.0737. The molecule has 174 valence electrons. The predicted molar refractivity (Wildman–Crippen MR) is 118 cm³/mol. The van der Waals surface area contributed by atoms with Crippen molar-refractivity contribution in [2.75, 3.05) is 24.3 Å². The number of benzene rings is 2. The van der Waals surface area contributed by atoms with Crippen LogP contribution in [0.1, 0.15) is 31.9 Å². The van der Waals surface area contributed by atoms with Crippen LogP contribution >= 0.6 is 0 Å². The molecule has 2 aromatic rings. The number of nitrogens with one attached hydrogen (secondary N) is 3. The standard InChI is InChI=1S/C23H24F2N4O4/c1-4-10-29-13(2)19(21(30)33-3)20(28-23(29)32)14-6-5-7-15(11-14)26-22(31)27-16-8-9-17(24)18(25)12-16/h5-9,11-12,20H,4,10H2,1-3H3,(H,28,32)(H2,26,27,31). The molecule has 0 radical (unpaired) electrons. The van der Waals surface area contributed by atoms with E-state index in [0.29, 0.717) is 29.9 Å². The second kappa shape index (κ2) is 10.1. The molecule has 1 heterocycles. The number of nitrogens with zero attached hydrogens (tertiary/aromatic N) is 1. The van der Waals surface area contributed by atoms with Gasteiger partial charge in [-0.2, -0.15) is 0 Å². The number of urea groups is 2. The maximum Gasteiger partial charge on any atom is 0.337 e. The molecule has 3 N–H and O–H groups in total. The highest BCUT2D eigenvalue weighted by atomic mass is 19.2. The average molecular weight is 458 g/mol. The molecule has 33 heavy (non-hydrogen) atoms. The molecule has 0 spiro atoms. The Labute approximate surface area is 189 Å². The molecule has 1 aliphatic heterocycles. The van der Waals surface area contributed by atoms with E-state index in [9.17, 15) is 23.2 Å². The van der Waals surface area contributed by atoms with Gasteiger partial charge >= 0.3 is 18.0 Å².